The second-order valence-electron chi connectivity index (χ2n) is 4.09. The van der Waals surface area contributed by atoms with Crippen LogP contribution in [-0.2, 0) is 13.6 Å². The van der Waals surface area contributed by atoms with Crippen LogP contribution in [0, 0.1) is 0 Å². The molecule has 0 radical (unpaired) electrons. The number of hydrogen-bond donors (Lipinski definition) is 0. The zero-order valence-corrected chi connectivity index (χ0v) is 11.8. The molecule has 0 aromatic rings. The minimum absolute atomic E-state index is 0.107. The Morgan fingerprint density at radius 2 is 1.69 bits per heavy atom. The average molecular weight is 262 g/mol. The fraction of sp³-hybridized carbons (Fsp3) is 0.636. The Morgan fingerprint density at radius 3 is 2.06 bits per heavy atom. The van der Waals surface area contributed by atoms with Gasteiger partial charge in [-0.05, 0) is 33.1 Å². The van der Waals surface area contributed by atoms with E-state index in [0.717, 1.165) is 0 Å². The molecule has 0 saturated heterocycles. The molecule has 1 rings (SSSR count). The third-order valence-corrected chi connectivity index (χ3v) is 5.83. The molecule has 1 atom stereocenters. The maximum absolute atomic E-state index is 12.6. The van der Waals surface area contributed by atoms with Gasteiger partial charge in [-0.1, -0.05) is 18.2 Å². The minimum atomic E-state index is -3.08. The zero-order chi connectivity index (χ0) is 12.2. The van der Waals surface area contributed by atoms with E-state index in [1.165, 1.54) is 11.8 Å². The van der Waals surface area contributed by atoms with Crippen LogP contribution in [0.5, 0.6) is 0 Å². The number of rotatable bonds is 5. The van der Waals surface area contributed by atoms with Crippen molar-refractivity contribution in [3.8, 4) is 0 Å². The fourth-order valence-corrected chi connectivity index (χ4v) is 4.69. The summed E-state index contributed by atoms with van der Waals surface area (Å²) in [6.45, 7) is 7.46. The van der Waals surface area contributed by atoms with E-state index < -0.39 is 7.60 Å². The van der Waals surface area contributed by atoms with E-state index >= 15 is 0 Å². The second kappa shape index (κ2) is 6.06. The highest BCUT2D eigenvalue weighted by molar-refractivity contribution is 8.08. The van der Waals surface area contributed by atoms with Gasteiger partial charge in [-0.15, -0.1) is 11.8 Å². The normalized spacial score (nSPS) is 21.0. The maximum Gasteiger partial charge on any atom is 0.348 e. The van der Waals surface area contributed by atoms with E-state index in [-0.39, 0.29) is 17.2 Å². The summed E-state index contributed by atoms with van der Waals surface area (Å²) in [5.41, 5.74) is 0. The van der Waals surface area contributed by atoms with Gasteiger partial charge >= 0.3 is 7.60 Å². The third-order valence-electron chi connectivity index (χ3n) is 1.71. The summed E-state index contributed by atoms with van der Waals surface area (Å²) < 4.78 is 23.7. The van der Waals surface area contributed by atoms with E-state index in [0.29, 0.717) is 0 Å². The van der Waals surface area contributed by atoms with Crippen LogP contribution in [0.1, 0.15) is 27.7 Å². The summed E-state index contributed by atoms with van der Waals surface area (Å²) in [5.74, 6) is 0. The predicted octanol–water partition coefficient (Wildman–Crippen LogP) is 4.17. The van der Waals surface area contributed by atoms with Crippen molar-refractivity contribution in [1.82, 2.24) is 0 Å². The summed E-state index contributed by atoms with van der Waals surface area (Å²) in [7, 11) is -3.08. The lowest BCUT2D eigenvalue weighted by molar-refractivity contribution is 0.143. The van der Waals surface area contributed by atoms with Gasteiger partial charge in [0.15, 0.2) is 0 Å². The molecule has 0 spiro atoms. The molecule has 0 fully saturated rings. The second-order valence-corrected chi connectivity index (χ2v) is 7.55. The topological polar surface area (TPSA) is 35.5 Å². The van der Waals surface area contributed by atoms with Crippen molar-refractivity contribution in [1.29, 1.82) is 0 Å². The molecule has 5 heteroatoms. The lowest BCUT2D eigenvalue weighted by Gasteiger charge is -2.27. The maximum atomic E-state index is 12.6. The van der Waals surface area contributed by atoms with E-state index in [2.05, 4.69) is 0 Å². The van der Waals surface area contributed by atoms with Crippen molar-refractivity contribution in [2.45, 2.75) is 44.9 Å². The molecule has 1 aliphatic rings. The van der Waals surface area contributed by atoms with Crippen LogP contribution in [0.3, 0.4) is 0 Å². The van der Waals surface area contributed by atoms with Crippen molar-refractivity contribution >= 4 is 19.4 Å². The van der Waals surface area contributed by atoms with Crippen LogP contribution >= 0.6 is 19.4 Å². The summed E-state index contributed by atoms with van der Waals surface area (Å²) in [4.78, 5) is -0.234. The fourth-order valence-electron chi connectivity index (χ4n) is 1.29. The number of hydrogen-bond acceptors (Lipinski definition) is 4. The van der Waals surface area contributed by atoms with Gasteiger partial charge in [0.1, 0.15) is 4.99 Å². The first-order chi connectivity index (χ1) is 7.44. The van der Waals surface area contributed by atoms with Crippen LogP contribution in [-0.4, -0.2) is 17.2 Å². The molecule has 0 amide bonds. The van der Waals surface area contributed by atoms with Crippen LogP contribution in [0.2, 0.25) is 0 Å². The first-order valence-electron chi connectivity index (χ1n) is 5.39. The van der Waals surface area contributed by atoms with Crippen LogP contribution in [0.25, 0.3) is 0 Å². The first-order valence-corrected chi connectivity index (χ1v) is 7.95. The van der Waals surface area contributed by atoms with E-state index in [9.17, 15) is 4.57 Å². The summed E-state index contributed by atoms with van der Waals surface area (Å²) in [6, 6.07) is 0. The molecule has 1 unspecified atom stereocenters. The molecule has 1 heterocycles. The Bertz CT molecular complexity index is 309. The molecule has 0 aromatic heterocycles. The lowest BCUT2D eigenvalue weighted by atomic mass is 10.5. The molecule has 0 N–H and O–H groups in total. The van der Waals surface area contributed by atoms with E-state index in [1.54, 1.807) is 0 Å². The predicted molar refractivity (Wildman–Crippen MR) is 69.7 cm³/mol. The number of allylic oxidation sites excluding steroid dienone is 2. The number of thioether (sulfide) groups is 1. The van der Waals surface area contributed by atoms with Gasteiger partial charge in [-0.2, -0.15) is 0 Å². The van der Waals surface area contributed by atoms with Crippen molar-refractivity contribution in [3.05, 3.63) is 23.6 Å². The van der Waals surface area contributed by atoms with Crippen molar-refractivity contribution in [2.75, 3.05) is 0 Å². The van der Waals surface area contributed by atoms with Crippen LogP contribution in [0.15, 0.2) is 23.6 Å². The molecular formula is C11H19O3PS. The quantitative estimate of drug-likeness (QED) is 0.696. The van der Waals surface area contributed by atoms with Crippen LogP contribution < -0.4 is 0 Å². The van der Waals surface area contributed by atoms with Gasteiger partial charge in [0.25, 0.3) is 0 Å². The molecular weight excluding hydrogens is 243 g/mol. The first kappa shape index (κ1) is 14.0. The van der Waals surface area contributed by atoms with Crippen molar-refractivity contribution in [3.63, 3.8) is 0 Å². The minimum Gasteiger partial charge on any atom is -0.305 e. The molecule has 3 nitrogen and oxygen atoms in total. The largest absolute Gasteiger partial charge is 0.348 e. The monoisotopic (exact) mass is 262 g/mol. The van der Waals surface area contributed by atoms with Gasteiger partial charge in [0.2, 0.25) is 0 Å². The summed E-state index contributed by atoms with van der Waals surface area (Å²) >= 11 is 1.47. The SMILES string of the molecule is CC(C)OP(=O)(OC(C)C)C1C=CC=CS1. The highest BCUT2D eigenvalue weighted by Crippen LogP contribution is 2.60. The van der Waals surface area contributed by atoms with E-state index in [1.807, 2.05) is 51.3 Å². The highest BCUT2D eigenvalue weighted by Gasteiger charge is 2.36. The summed E-state index contributed by atoms with van der Waals surface area (Å²) in [5, 5.41) is 1.91. The molecule has 0 saturated carbocycles. The molecule has 0 aliphatic carbocycles. The Morgan fingerprint density at radius 1 is 1.12 bits per heavy atom. The highest BCUT2D eigenvalue weighted by atomic mass is 32.2. The van der Waals surface area contributed by atoms with E-state index in [4.69, 9.17) is 9.05 Å². The van der Waals surface area contributed by atoms with Gasteiger partial charge in [-0.25, -0.2) is 0 Å². The molecule has 16 heavy (non-hydrogen) atoms. The molecule has 0 aromatic carbocycles. The lowest BCUT2D eigenvalue weighted by Crippen LogP contribution is -2.15. The van der Waals surface area contributed by atoms with Gasteiger partial charge in [0, 0.05) is 0 Å². The Balaban J connectivity index is 2.81. The van der Waals surface area contributed by atoms with Gasteiger partial charge in [-0.3, -0.25) is 4.57 Å². The molecule has 0 bridgehead atoms. The van der Waals surface area contributed by atoms with Gasteiger partial charge in [0.05, 0.1) is 12.2 Å². The summed E-state index contributed by atoms with van der Waals surface area (Å²) in [6.07, 6.45) is 5.45. The van der Waals surface area contributed by atoms with Crippen molar-refractivity contribution in [2.24, 2.45) is 0 Å². The average Bonchev–Trinajstić information content (AvgIpc) is 2.16. The Labute approximate surface area is 102 Å². The molecule has 1 aliphatic heterocycles. The van der Waals surface area contributed by atoms with Crippen LogP contribution in [0.4, 0.5) is 0 Å². The van der Waals surface area contributed by atoms with Crippen molar-refractivity contribution < 1.29 is 13.6 Å². The zero-order valence-electron chi connectivity index (χ0n) is 10.1. The third kappa shape index (κ3) is 4.10. The Kier molecular flexibility index (Phi) is 5.32. The smallest absolute Gasteiger partial charge is 0.305 e. The standard InChI is InChI=1S/C11H19O3PS/c1-9(2)13-15(12,14-10(3)4)11-7-5-6-8-16-11/h5-11H,1-4H3. The molecule has 92 valence electrons. The van der Waals surface area contributed by atoms with Gasteiger partial charge < -0.3 is 9.05 Å². The Hall–Kier alpha value is -0.0200.